The highest BCUT2D eigenvalue weighted by Crippen LogP contribution is 2.36. The Morgan fingerprint density at radius 3 is 2.67 bits per heavy atom. The molecule has 1 atom stereocenters. The van der Waals surface area contributed by atoms with Crippen LogP contribution in [0.2, 0.25) is 0 Å². The standard InChI is InChI=1S/C16H15N3O5/c1-10(11-3-2-4-17-9-11)18-16(20)12-7-14-15(24-6-5-23-14)8-13(12)19(21)22/h2-4,7-10H,5-6H2,1H3,(H,18,20). The van der Waals surface area contributed by atoms with Crippen LogP contribution in [0.25, 0.3) is 0 Å². The molecule has 1 unspecified atom stereocenters. The first-order valence-corrected chi connectivity index (χ1v) is 7.35. The number of carbonyl (C=O) groups excluding carboxylic acids is 1. The molecule has 1 aromatic carbocycles. The Morgan fingerprint density at radius 1 is 1.33 bits per heavy atom. The number of ether oxygens (including phenoxy) is 2. The van der Waals surface area contributed by atoms with Crippen molar-refractivity contribution in [3.05, 3.63) is 57.9 Å². The van der Waals surface area contributed by atoms with E-state index in [9.17, 15) is 14.9 Å². The number of pyridine rings is 1. The number of hydrogen-bond acceptors (Lipinski definition) is 6. The Bertz CT molecular complexity index is 779. The SMILES string of the molecule is CC(NC(=O)c1cc2c(cc1[N+](=O)[O-])OCCO2)c1cccnc1. The molecule has 1 aromatic heterocycles. The van der Waals surface area contributed by atoms with Crippen molar-refractivity contribution in [3.8, 4) is 11.5 Å². The lowest BCUT2D eigenvalue weighted by Gasteiger charge is -2.19. The zero-order valence-electron chi connectivity index (χ0n) is 12.9. The van der Waals surface area contributed by atoms with E-state index in [4.69, 9.17) is 9.47 Å². The molecule has 24 heavy (non-hydrogen) atoms. The molecule has 124 valence electrons. The second-order valence-electron chi connectivity index (χ2n) is 5.25. The van der Waals surface area contributed by atoms with Crippen molar-refractivity contribution in [2.45, 2.75) is 13.0 Å². The molecule has 0 saturated carbocycles. The topological polar surface area (TPSA) is 104 Å². The van der Waals surface area contributed by atoms with Gasteiger partial charge in [0.25, 0.3) is 11.6 Å². The van der Waals surface area contributed by atoms with Crippen LogP contribution in [0.5, 0.6) is 11.5 Å². The zero-order valence-corrected chi connectivity index (χ0v) is 12.9. The average Bonchev–Trinajstić information content (AvgIpc) is 2.61. The molecule has 0 spiro atoms. The third-order valence-electron chi connectivity index (χ3n) is 3.63. The lowest BCUT2D eigenvalue weighted by Crippen LogP contribution is -2.27. The summed E-state index contributed by atoms with van der Waals surface area (Å²) in [5.74, 6) is 0.0332. The number of nitro benzene ring substituents is 1. The van der Waals surface area contributed by atoms with E-state index in [-0.39, 0.29) is 23.0 Å². The predicted octanol–water partition coefficient (Wildman–Crippen LogP) is 2.25. The van der Waals surface area contributed by atoms with E-state index in [1.165, 1.54) is 12.1 Å². The maximum Gasteiger partial charge on any atom is 0.286 e. The summed E-state index contributed by atoms with van der Waals surface area (Å²) in [5.41, 5.74) is 0.404. The van der Waals surface area contributed by atoms with Crippen LogP contribution in [0, 0.1) is 10.1 Å². The summed E-state index contributed by atoms with van der Waals surface area (Å²) < 4.78 is 10.7. The van der Waals surface area contributed by atoms with E-state index in [1.807, 2.05) is 6.07 Å². The summed E-state index contributed by atoms with van der Waals surface area (Å²) in [6.07, 6.45) is 3.26. The first-order valence-electron chi connectivity index (χ1n) is 7.35. The first kappa shape index (κ1) is 15.7. The van der Waals surface area contributed by atoms with Crippen LogP contribution in [0.3, 0.4) is 0 Å². The van der Waals surface area contributed by atoms with Gasteiger partial charge >= 0.3 is 0 Å². The van der Waals surface area contributed by atoms with E-state index in [2.05, 4.69) is 10.3 Å². The largest absolute Gasteiger partial charge is 0.486 e. The fourth-order valence-electron chi connectivity index (χ4n) is 2.40. The van der Waals surface area contributed by atoms with Gasteiger partial charge < -0.3 is 14.8 Å². The Labute approximate surface area is 137 Å². The lowest BCUT2D eigenvalue weighted by molar-refractivity contribution is -0.385. The van der Waals surface area contributed by atoms with Gasteiger partial charge in [-0.15, -0.1) is 0 Å². The predicted molar refractivity (Wildman–Crippen MR) is 84.2 cm³/mol. The molecule has 0 saturated heterocycles. The maximum atomic E-state index is 12.5. The Kier molecular flexibility index (Phi) is 4.28. The van der Waals surface area contributed by atoms with Gasteiger partial charge in [0.15, 0.2) is 11.5 Å². The van der Waals surface area contributed by atoms with Gasteiger partial charge in [-0.2, -0.15) is 0 Å². The number of nitro groups is 1. The molecular weight excluding hydrogens is 314 g/mol. The fourth-order valence-corrected chi connectivity index (χ4v) is 2.40. The number of benzene rings is 1. The van der Waals surface area contributed by atoms with Crippen molar-refractivity contribution < 1.29 is 19.2 Å². The average molecular weight is 329 g/mol. The third-order valence-corrected chi connectivity index (χ3v) is 3.63. The Balaban J connectivity index is 1.90. The maximum absolute atomic E-state index is 12.5. The van der Waals surface area contributed by atoms with Gasteiger partial charge in [0.1, 0.15) is 18.8 Å². The van der Waals surface area contributed by atoms with E-state index >= 15 is 0 Å². The van der Waals surface area contributed by atoms with Crippen LogP contribution in [0.15, 0.2) is 36.7 Å². The van der Waals surface area contributed by atoms with Crippen molar-refractivity contribution in [2.75, 3.05) is 13.2 Å². The van der Waals surface area contributed by atoms with Crippen molar-refractivity contribution in [3.63, 3.8) is 0 Å². The third kappa shape index (κ3) is 3.12. The number of aromatic nitrogens is 1. The van der Waals surface area contributed by atoms with Crippen molar-refractivity contribution in [1.82, 2.24) is 10.3 Å². The van der Waals surface area contributed by atoms with Crippen LogP contribution >= 0.6 is 0 Å². The molecule has 0 bridgehead atoms. The van der Waals surface area contributed by atoms with Crippen LogP contribution in [0.1, 0.15) is 28.9 Å². The van der Waals surface area contributed by atoms with Crippen molar-refractivity contribution >= 4 is 11.6 Å². The molecule has 0 fully saturated rings. The second kappa shape index (κ2) is 6.53. The van der Waals surface area contributed by atoms with Gasteiger partial charge in [-0.05, 0) is 18.6 Å². The number of nitrogens with zero attached hydrogens (tertiary/aromatic N) is 2. The number of hydrogen-bond donors (Lipinski definition) is 1. The molecule has 1 aliphatic heterocycles. The monoisotopic (exact) mass is 329 g/mol. The summed E-state index contributed by atoms with van der Waals surface area (Å²) in [4.78, 5) is 27.2. The van der Waals surface area contributed by atoms with Crippen LogP contribution in [-0.4, -0.2) is 29.0 Å². The van der Waals surface area contributed by atoms with Gasteiger partial charge in [-0.1, -0.05) is 6.07 Å². The highest BCUT2D eigenvalue weighted by Gasteiger charge is 2.27. The Morgan fingerprint density at radius 2 is 2.04 bits per heavy atom. The van der Waals surface area contributed by atoms with Crippen molar-refractivity contribution in [1.29, 1.82) is 0 Å². The smallest absolute Gasteiger partial charge is 0.286 e. The first-order chi connectivity index (χ1) is 11.6. The quantitative estimate of drug-likeness (QED) is 0.681. The molecule has 8 nitrogen and oxygen atoms in total. The molecule has 0 radical (unpaired) electrons. The van der Waals surface area contributed by atoms with Gasteiger partial charge in [-0.25, -0.2) is 0 Å². The number of rotatable bonds is 4. The van der Waals surface area contributed by atoms with Gasteiger partial charge in [0, 0.05) is 18.5 Å². The van der Waals surface area contributed by atoms with Crippen LogP contribution in [-0.2, 0) is 0 Å². The minimum absolute atomic E-state index is 0.0695. The molecule has 1 amide bonds. The number of fused-ring (bicyclic) bond motifs is 1. The molecule has 0 aliphatic carbocycles. The summed E-state index contributed by atoms with van der Waals surface area (Å²) >= 11 is 0. The van der Waals surface area contributed by atoms with E-state index in [0.717, 1.165) is 5.56 Å². The van der Waals surface area contributed by atoms with Gasteiger partial charge in [0.05, 0.1) is 17.0 Å². The zero-order chi connectivity index (χ0) is 17.1. The molecule has 3 rings (SSSR count). The van der Waals surface area contributed by atoms with Crippen LogP contribution < -0.4 is 14.8 Å². The molecule has 8 heteroatoms. The minimum Gasteiger partial charge on any atom is -0.486 e. The lowest BCUT2D eigenvalue weighted by atomic mass is 10.1. The summed E-state index contributed by atoms with van der Waals surface area (Å²) in [7, 11) is 0. The summed E-state index contributed by atoms with van der Waals surface area (Å²) in [6.45, 7) is 2.42. The molecule has 1 N–H and O–H groups in total. The number of carbonyl (C=O) groups is 1. The fraction of sp³-hybridized carbons (Fsp3) is 0.250. The van der Waals surface area contributed by atoms with Gasteiger partial charge in [0.2, 0.25) is 0 Å². The highest BCUT2D eigenvalue weighted by atomic mass is 16.6. The van der Waals surface area contributed by atoms with Crippen molar-refractivity contribution in [2.24, 2.45) is 0 Å². The molecule has 2 aromatic rings. The summed E-state index contributed by atoms with van der Waals surface area (Å²) in [6, 6.07) is 5.79. The van der Waals surface area contributed by atoms with Gasteiger partial charge in [-0.3, -0.25) is 19.9 Å². The number of amides is 1. The van der Waals surface area contributed by atoms with E-state index in [1.54, 1.807) is 25.4 Å². The van der Waals surface area contributed by atoms with Crippen LogP contribution in [0.4, 0.5) is 5.69 Å². The highest BCUT2D eigenvalue weighted by molar-refractivity contribution is 5.99. The van der Waals surface area contributed by atoms with E-state index < -0.39 is 10.8 Å². The molecule has 1 aliphatic rings. The van der Waals surface area contributed by atoms with E-state index in [0.29, 0.717) is 19.0 Å². The second-order valence-corrected chi connectivity index (χ2v) is 5.25. The normalized spacial score (nSPS) is 13.9. The minimum atomic E-state index is -0.609. The summed E-state index contributed by atoms with van der Waals surface area (Å²) in [5, 5.41) is 14.0. The number of nitrogens with one attached hydrogen (secondary N) is 1. The molecule has 2 heterocycles. The molecular formula is C16H15N3O5. The Hall–Kier alpha value is -3.16.